The van der Waals surface area contributed by atoms with E-state index in [1.54, 1.807) is 0 Å². The summed E-state index contributed by atoms with van der Waals surface area (Å²) in [5.74, 6) is 0. The van der Waals surface area contributed by atoms with E-state index in [4.69, 9.17) is 10.5 Å². The molecule has 1 atom stereocenters. The van der Waals surface area contributed by atoms with E-state index in [-0.39, 0.29) is 5.54 Å². The van der Waals surface area contributed by atoms with Crippen LogP contribution in [-0.4, -0.2) is 18.8 Å². The average Bonchev–Trinajstić information content (AvgIpc) is 2.67. The standard InChI is InChI=1S/C13H20N2O/c1-10-3-4-12(14)11(7-10)8-15-13(2)5-6-16-9-13/h3-4,7,15H,5-6,8-9,14H2,1-2H3. The Morgan fingerprint density at radius 2 is 2.31 bits per heavy atom. The van der Waals surface area contributed by atoms with Gasteiger partial charge in [0.2, 0.25) is 0 Å². The van der Waals surface area contributed by atoms with Crippen molar-refractivity contribution in [3.05, 3.63) is 29.3 Å². The molecule has 1 aromatic rings. The summed E-state index contributed by atoms with van der Waals surface area (Å²) in [5.41, 5.74) is 9.34. The molecule has 88 valence electrons. The third-order valence-corrected chi connectivity index (χ3v) is 3.22. The zero-order valence-corrected chi connectivity index (χ0v) is 10.0. The van der Waals surface area contributed by atoms with Crippen LogP contribution in [0.2, 0.25) is 0 Å². The molecule has 0 amide bonds. The zero-order valence-electron chi connectivity index (χ0n) is 10.0. The quantitative estimate of drug-likeness (QED) is 0.764. The summed E-state index contributed by atoms with van der Waals surface area (Å²) in [5, 5.41) is 3.54. The van der Waals surface area contributed by atoms with E-state index in [9.17, 15) is 0 Å². The molecular weight excluding hydrogens is 200 g/mol. The summed E-state index contributed by atoms with van der Waals surface area (Å²) < 4.78 is 5.41. The normalized spacial score (nSPS) is 24.9. The Labute approximate surface area is 97.0 Å². The number of nitrogens with one attached hydrogen (secondary N) is 1. The maximum Gasteiger partial charge on any atom is 0.0646 e. The predicted molar refractivity (Wildman–Crippen MR) is 66.3 cm³/mol. The molecule has 3 heteroatoms. The maximum absolute atomic E-state index is 5.95. The van der Waals surface area contributed by atoms with E-state index in [0.717, 1.165) is 31.9 Å². The van der Waals surface area contributed by atoms with Crippen molar-refractivity contribution in [2.24, 2.45) is 0 Å². The lowest BCUT2D eigenvalue weighted by Gasteiger charge is -2.24. The maximum atomic E-state index is 5.95. The van der Waals surface area contributed by atoms with Crippen LogP contribution in [0, 0.1) is 6.92 Å². The molecule has 1 aliphatic rings. The van der Waals surface area contributed by atoms with Crippen LogP contribution in [0.25, 0.3) is 0 Å². The second-order valence-corrected chi connectivity index (χ2v) is 4.92. The number of rotatable bonds is 3. The van der Waals surface area contributed by atoms with Gasteiger partial charge in [0.25, 0.3) is 0 Å². The van der Waals surface area contributed by atoms with Gasteiger partial charge < -0.3 is 15.8 Å². The minimum absolute atomic E-state index is 0.107. The topological polar surface area (TPSA) is 47.3 Å². The molecule has 0 saturated carbocycles. The smallest absolute Gasteiger partial charge is 0.0646 e. The van der Waals surface area contributed by atoms with Gasteiger partial charge in [0.05, 0.1) is 6.61 Å². The Bertz CT molecular complexity index is 370. The van der Waals surface area contributed by atoms with Crippen LogP contribution in [-0.2, 0) is 11.3 Å². The van der Waals surface area contributed by atoms with E-state index >= 15 is 0 Å². The number of nitrogen functional groups attached to an aromatic ring is 1. The molecule has 0 radical (unpaired) electrons. The second-order valence-electron chi connectivity index (χ2n) is 4.92. The highest BCUT2D eigenvalue weighted by Gasteiger charge is 2.28. The Hall–Kier alpha value is -1.06. The molecule has 0 aromatic heterocycles. The summed E-state index contributed by atoms with van der Waals surface area (Å²) in [6.07, 6.45) is 1.07. The van der Waals surface area contributed by atoms with Gasteiger partial charge in [-0.3, -0.25) is 0 Å². The fraction of sp³-hybridized carbons (Fsp3) is 0.538. The lowest BCUT2D eigenvalue weighted by atomic mass is 10.0. The summed E-state index contributed by atoms with van der Waals surface area (Å²) in [6, 6.07) is 6.15. The van der Waals surface area contributed by atoms with E-state index in [1.165, 1.54) is 11.1 Å². The van der Waals surface area contributed by atoms with E-state index in [2.05, 4.69) is 25.2 Å². The molecule has 3 N–H and O–H groups in total. The van der Waals surface area contributed by atoms with Crippen LogP contribution in [0.4, 0.5) is 5.69 Å². The highest BCUT2D eigenvalue weighted by Crippen LogP contribution is 2.20. The lowest BCUT2D eigenvalue weighted by molar-refractivity contribution is 0.171. The molecular formula is C13H20N2O. The van der Waals surface area contributed by atoms with Gasteiger partial charge >= 0.3 is 0 Å². The molecule has 1 saturated heterocycles. The first-order valence-electron chi connectivity index (χ1n) is 5.77. The Kier molecular flexibility index (Phi) is 3.17. The molecule has 0 bridgehead atoms. The fourth-order valence-electron chi connectivity index (χ4n) is 2.00. The number of ether oxygens (including phenoxy) is 1. The van der Waals surface area contributed by atoms with Gasteiger partial charge in [-0.05, 0) is 31.9 Å². The SMILES string of the molecule is Cc1ccc(N)c(CNC2(C)CCOC2)c1. The van der Waals surface area contributed by atoms with Crippen molar-refractivity contribution in [3.8, 4) is 0 Å². The first-order chi connectivity index (χ1) is 7.59. The summed E-state index contributed by atoms with van der Waals surface area (Å²) in [7, 11) is 0. The van der Waals surface area contributed by atoms with Crippen molar-refractivity contribution < 1.29 is 4.74 Å². The minimum atomic E-state index is 0.107. The van der Waals surface area contributed by atoms with Crippen molar-refractivity contribution >= 4 is 5.69 Å². The van der Waals surface area contributed by atoms with Crippen molar-refractivity contribution in [2.75, 3.05) is 18.9 Å². The van der Waals surface area contributed by atoms with Gasteiger partial charge in [-0.25, -0.2) is 0 Å². The van der Waals surface area contributed by atoms with Crippen LogP contribution < -0.4 is 11.1 Å². The van der Waals surface area contributed by atoms with Crippen molar-refractivity contribution in [1.29, 1.82) is 0 Å². The van der Waals surface area contributed by atoms with E-state index in [1.807, 2.05) is 12.1 Å². The first-order valence-corrected chi connectivity index (χ1v) is 5.77. The van der Waals surface area contributed by atoms with Crippen molar-refractivity contribution in [3.63, 3.8) is 0 Å². The molecule has 16 heavy (non-hydrogen) atoms. The Morgan fingerprint density at radius 1 is 1.50 bits per heavy atom. The molecule has 2 rings (SSSR count). The number of hydrogen-bond donors (Lipinski definition) is 2. The van der Waals surface area contributed by atoms with Crippen molar-refractivity contribution in [1.82, 2.24) is 5.32 Å². The van der Waals surface area contributed by atoms with E-state index < -0.39 is 0 Å². The van der Waals surface area contributed by atoms with Crippen molar-refractivity contribution in [2.45, 2.75) is 32.4 Å². The average molecular weight is 220 g/mol. The van der Waals surface area contributed by atoms with Gasteiger partial charge in [0.15, 0.2) is 0 Å². The molecule has 3 nitrogen and oxygen atoms in total. The second kappa shape index (κ2) is 4.44. The lowest BCUT2D eigenvalue weighted by Crippen LogP contribution is -2.42. The highest BCUT2D eigenvalue weighted by atomic mass is 16.5. The monoisotopic (exact) mass is 220 g/mol. The summed E-state index contributed by atoms with van der Waals surface area (Å²) in [4.78, 5) is 0. The van der Waals surface area contributed by atoms with Gasteiger partial charge in [-0.2, -0.15) is 0 Å². The largest absolute Gasteiger partial charge is 0.398 e. The molecule has 1 fully saturated rings. The minimum Gasteiger partial charge on any atom is -0.398 e. The number of benzene rings is 1. The third kappa shape index (κ3) is 2.54. The van der Waals surface area contributed by atoms with Crippen LogP contribution in [0.1, 0.15) is 24.5 Å². The van der Waals surface area contributed by atoms with Crippen LogP contribution in [0.15, 0.2) is 18.2 Å². The van der Waals surface area contributed by atoms with Crippen LogP contribution >= 0.6 is 0 Å². The Balaban J connectivity index is 2.01. The molecule has 0 spiro atoms. The molecule has 0 aliphatic carbocycles. The highest BCUT2D eigenvalue weighted by molar-refractivity contribution is 5.48. The van der Waals surface area contributed by atoms with E-state index in [0.29, 0.717) is 0 Å². The van der Waals surface area contributed by atoms with Gasteiger partial charge in [0.1, 0.15) is 0 Å². The van der Waals surface area contributed by atoms with Gasteiger partial charge in [-0.15, -0.1) is 0 Å². The van der Waals surface area contributed by atoms with Gasteiger partial charge in [-0.1, -0.05) is 17.7 Å². The van der Waals surface area contributed by atoms with Crippen LogP contribution in [0.3, 0.4) is 0 Å². The predicted octanol–water partition coefficient (Wildman–Crippen LogP) is 1.85. The molecule has 1 aliphatic heterocycles. The van der Waals surface area contributed by atoms with Gasteiger partial charge in [0, 0.05) is 24.4 Å². The third-order valence-electron chi connectivity index (χ3n) is 3.22. The Morgan fingerprint density at radius 3 is 3.00 bits per heavy atom. The molecule has 1 aromatic carbocycles. The molecule has 1 unspecified atom stereocenters. The molecule has 1 heterocycles. The number of hydrogen-bond acceptors (Lipinski definition) is 3. The number of nitrogens with two attached hydrogens (primary N) is 1. The zero-order chi connectivity index (χ0) is 11.6. The summed E-state index contributed by atoms with van der Waals surface area (Å²) in [6.45, 7) is 6.74. The fourth-order valence-corrected chi connectivity index (χ4v) is 2.00. The number of anilines is 1. The number of aryl methyl sites for hydroxylation is 1. The first kappa shape index (κ1) is 11.4. The summed E-state index contributed by atoms with van der Waals surface area (Å²) >= 11 is 0. The van der Waals surface area contributed by atoms with Crippen LogP contribution in [0.5, 0.6) is 0 Å².